The minimum Gasteiger partial charge on any atom is -0.274 e. The summed E-state index contributed by atoms with van der Waals surface area (Å²) in [7, 11) is -4.03. The highest BCUT2D eigenvalue weighted by molar-refractivity contribution is 7.92. The molecule has 1 N–H and O–H groups in total. The van der Waals surface area contributed by atoms with E-state index >= 15 is 0 Å². The number of nitrogens with one attached hydrogen (secondary N) is 1. The molecule has 2 rings (SSSR count). The second kappa shape index (κ2) is 5.20. The van der Waals surface area contributed by atoms with E-state index < -0.39 is 27.3 Å². The molecule has 106 valence electrons. The van der Waals surface area contributed by atoms with Gasteiger partial charge in [0.05, 0.1) is 4.90 Å². The van der Waals surface area contributed by atoms with Gasteiger partial charge in [-0.05, 0) is 49.2 Å². The fourth-order valence-electron chi connectivity index (χ4n) is 1.67. The van der Waals surface area contributed by atoms with Gasteiger partial charge in [-0.2, -0.15) is 0 Å². The first-order chi connectivity index (χ1) is 9.31. The van der Waals surface area contributed by atoms with E-state index in [1.54, 1.807) is 13.0 Å². The molecule has 0 saturated heterocycles. The highest BCUT2D eigenvalue weighted by Gasteiger charge is 2.19. The lowest BCUT2D eigenvalue weighted by atomic mass is 10.1. The van der Waals surface area contributed by atoms with E-state index in [4.69, 9.17) is 0 Å². The molecule has 2 aromatic carbocycles. The van der Waals surface area contributed by atoms with Gasteiger partial charge in [0.2, 0.25) is 0 Å². The van der Waals surface area contributed by atoms with Crippen LogP contribution < -0.4 is 4.72 Å². The summed E-state index contributed by atoms with van der Waals surface area (Å²) in [6.07, 6.45) is 0. The van der Waals surface area contributed by atoms with Gasteiger partial charge in [0.25, 0.3) is 10.0 Å². The average Bonchev–Trinajstić information content (AvgIpc) is 2.37. The Bertz CT molecular complexity index is 738. The van der Waals surface area contributed by atoms with Crippen molar-refractivity contribution in [3.63, 3.8) is 0 Å². The van der Waals surface area contributed by atoms with Crippen molar-refractivity contribution in [1.82, 2.24) is 0 Å². The third-order valence-corrected chi connectivity index (χ3v) is 4.34. The molecule has 0 spiro atoms. The van der Waals surface area contributed by atoms with Gasteiger partial charge in [-0.25, -0.2) is 17.2 Å². The molecule has 6 heteroatoms. The highest BCUT2D eigenvalue weighted by Crippen LogP contribution is 2.23. The van der Waals surface area contributed by atoms with Gasteiger partial charge in [0.15, 0.2) is 0 Å². The molecule has 0 aliphatic carbocycles. The maximum atomic E-state index is 13.5. The number of rotatable bonds is 3. The Hall–Kier alpha value is -1.95. The van der Waals surface area contributed by atoms with E-state index in [9.17, 15) is 17.2 Å². The predicted molar refractivity (Wildman–Crippen MR) is 73.1 cm³/mol. The lowest BCUT2D eigenvalue weighted by molar-refractivity contribution is 0.583. The lowest BCUT2D eigenvalue weighted by Crippen LogP contribution is -2.15. The van der Waals surface area contributed by atoms with Gasteiger partial charge in [-0.1, -0.05) is 12.1 Å². The highest BCUT2D eigenvalue weighted by atomic mass is 32.2. The quantitative estimate of drug-likeness (QED) is 0.944. The zero-order valence-corrected chi connectivity index (χ0v) is 11.8. The number of hydrogen-bond acceptors (Lipinski definition) is 2. The summed E-state index contributed by atoms with van der Waals surface area (Å²) in [5, 5.41) is 0. The Morgan fingerprint density at radius 2 is 1.55 bits per heavy atom. The lowest BCUT2D eigenvalue weighted by Gasteiger charge is -2.11. The van der Waals surface area contributed by atoms with Crippen molar-refractivity contribution in [3.8, 4) is 0 Å². The summed E-state index contributed by atoms with van der Waals surface area (Å²) in [6.45, 7) is 3.60. The molecule has 0 aromatic heterocycles. The molecule has 0 atom stereocenters. The van der Waals surface area contributed by atoms with Crippen LogP contribution in [-0.4, -0.2) is 8.42 Å². The first kappa shape index (κ1) is 14.5. The number of benzene rings is 2. The van der Waals surface area contributed by atoms with Gasteiger partial charge in [0, 0.05) is 0 Å². The van der Waals surface area contributed by atoms with Crippen LogP contribution in [0.15, 0.2) is 41.3 Å². The Balaban J connectivity index is 2.43. The number of hydrogen-bond donors (Lipinski definition) is 1. The van der Waals surface area contributed by atoms with Crippen molar-refractivity contribution in [2.45, 2.75) is 18.7 Å². The Morgan fingerprint density at radius 3 is 2.10 bits per heavy atom. The molecule has 2 aromatic rings. The Kier molecular flexibility index (Phi) is 3.76. The molecule has 0 aliphatic rings. The fourth-order valence-corrected chi connectivity index (χ4v) is 2.83. The van der Waals surface area contributed by atoms with E-state index in [1.165, 1.54) is 18.2 Å². The third-order valence-electron chi connectivity index (χ3n) is 2.99. The van der Waals surface area contributed by atoms with Crippen LogP contribution in [0.25, 0.3) is 0 Å². The maximum absolute atomic E-state index is 13.5. The summed E-state index contributed by atoms with van der Waals surface area (Å²) in [6, 6.07) is 7.63. The summed E-state index contributed by atoms with van der Waals surface area (Å²) in [5.74, 6) is -1.92. The average molecular weight is 297 g/mol. The van der Waals surface area contributed by atoms with Crippen molar-refractivity contribution >= 4 is 15.7 Å². The zero-order valence-electron chi connectivity index (χ0n) is 10.9. The van der Waals surface area contributed by atoms with Crippen LogP contribution >= 0.6 is 0 Å². The second-order valence-corrected chi connectivity index (χ2v) is 6.13. The van der Waals surface area contributed by atoms with Crippen LogP contribution in [-0.2, 0) is 10.0 Å². The summed E-state index contributed by atoms with van der Waals surface area (Å²) >= 11 is 0. The first-order valence-corrected chi connectivity index (χ1v) is 7.33. The maximum Gasteiger partial charge on any atom is 0.262 e. The molecule has 0 radical (unpaired) electrons. The smallest absolute Gasteiger partial charge is 0.262 e. The van der Waals surface area contributed by atoms with Gasteiger partial charge in [-0.15, -0.1) is 0 Å². The van der Waals surface area contributed by atoms with Gasteiger partial charge >= 0.3 is 0 Å². The Morgan fingerprint density at radius 1 is 0.950 bits per heavy atom. The molecule has 0 heterocycles. The van der Waals surface area contributed by atoms with Gasteiger partial charge in [-0.3, -0.25) is 4.72 Å². The molecule has 0 fully saturated rings. The molecule has 3 nitrogen and oxygen atoms in total. The molecular formula is C14H13F2NO2S. The Labute approximate surface area is 116 Å². The van der Waals surface area contributed by atoms with E-state index in [0.29, 0.717) is 0 Å². The number of anilines is 1. The van der Waals surface area contributed by atoms with Crippen molar-refractivity contribution in [2.24, 2.45) is 0 Å². The fraction of sp³-hybridized carbons (Fsp3) is 0.143. The van der Waals surface area contributed by atoms with Crippen LogP contribution in [0.3, 0.4) is 0 Å². The monoisotopic (exact) mass is 297 g/mol. The van der Waals surface area contributed by atoms with Crippen molar-refractivity contribution in [2.75, 3.05) is 4.72 Å². The molecule has 0 amide bonds. The molecule has 0 bridgehead atoms. The van der Waals surface area contributed by atoms with Crippen LogP contribution in [0.1, 0.15) is 11.1 Å². The van der Waals surface area contributed by atoms with Crippen LogP contribution in [0, 0.1) is 25.5 Å². The molecule has 0 unspecified atom stereocenters. The zero-order chi connectivity index (χ0) is 14.9. The van der Waals surface area contributed by atoms with E-state index in [2.05, 4.69) is 0 Å². The number of sulfonamides is 1. The van der Waals surface area contributed by atoms with Crippen LogP contribution in [0.2, 0.25) is 0 Å². The topological polar surface area (TPSA) is 46.2 Å². The normalized spacial score (nSPS) is 11.4. The SMILES string of the molecule is Cc1ccc(S(=O)(=O)Nc2c(F)cccc2F)cc1C. The molecule has 0 saturated carbocycles. The molecule has 20 heavy (non-hydrogen) atoms. The summed E-state index contributed by atoms with van der Waals surface area (Å²) in [4.78, 5) is -0.0387. The predicted octanol–water partition coefficient (Wildman–Crippen LogP) is 3.38. The minimum absolute atomic E-state index is 0.0387. The minimum atomic E-state index is -4.03. The van der Waals surface area contributed by atoms with Crippen LogP contribution in [0.5, 0.6) is 0 Å². The number of halogens is 2. The largest absolute Gasteiger partial charge is 0.274 e. The number of para-hydroxylation sites is 1. The van der Waals surface area contributed by atoms with Gasteiger partial charge in [0.1, 0.15) is 17.3 Å². The van der Waals surface area contributed by atoms with E-state index in [1.807, 2.05) is 11.6 Å². The molecular weight excluding hydrogens is 284 g/mol. The summed E-state index contributed by atoms with van der Waals surface area (Å²) in [5.41, 5.74) is 1.04. The second-order valence-electron chi connectivity index (χ2n) is 4.45. The van der Waals surface area contributed by atoms with E-state index in [0.717, 1.165) is 23.3 Å². The van der Waals surface area contributed by atoms with E-state index in [-0.39, 0.29) is 4.90 Å². The first-order valence-electron chi connectivity index (χ1n) is 5.85. The van der Waals surface area contributed by atoms with Crippen molar-refractivity contribution in [1.29, 1.82) is 0 Å². The van der Waals surface area contributed by atoms with Crippen LogP contribution in [0.4, 0.5) is 14.5 Å². The third kappa shape index (κ3) is 2.80. The number of aryl methyl sites for hydroxylation is 2. The van der Waals surface area contributed by atoms with Crippen molar-refractivity contribution < 1.29 is 17.2 Å². The van der Waals surface area contributed by atoms with Crippen molar-refractivity contribution in [3.05, 3.63) is 59.2 Å². The molecule has 0 aliphatic heterocycles. The summed E-state index contributed by atoms with van der Waals surface area (Å²) < 4.78 is 53.1. The van der Waals surface area contributed by atoms with Gasteiger partial charge < -0.3 is 0 Å². The standard InChI is InChI=1S/C14H13F2NO2S/c1-9-6-7-11(8-10(9)2)20(18,19)17-14-12(15)4-3-5-13(14)16/h3-8,17H,1-2H3.